The Labute approximate surface area is 99.4 Å². The third-order valence-electron chi connectivity index (χ3n) is 2.28. The molecule has 0 spiro atoms. The monoisotopic (exact) mass is 241 g/mol. The summed E-state index contributed by atoms with van der Waals surface area (Å²) in [6, 6.07) is 4.33. The van der Waals surface area contributed by atoms with Crippen molar-refractivity contribution in [2.75, 3.05) is 13.7 Å². The maximum absolute atomic E-state index is 13.8. The molecule has 2 N–H and O–H groups in total. The normalized spacial score (nSPS) is 11.1. The van der Waals surface area contributed by atoms with Crippen LogP contribution in [0.1, 0.15) is 24.2 Å². The molecule has 0 saturated carbocycles. The van der Waals surface area contributed by atoms with Gasteiger partial charge in [-0.05, 0) is 26.0 Å². The molecule has 5 heteroatoms. The van der Waals surface area contributed by atoms with Gasteiger partial charge in [0.1, 0.15) is 0 Å². The fourth-order valence-corrected chi connectivity index (χ4v) is 1.26. The van der Waals surface area contributed by atoms with E-state index in [4.69, 9.17) is 9.84 Å². The Hall–Kier alpha value is -1.62. The third-order valence-corrected chi connectivity index (χ3v) is 2.28. The molecule has 0 heterocycles. The first-order chi connectivity index (χ1) is 7.91. The van der Waals surface area contributed by atoms with Crippen LogP contribution in [0.15, 0.2) is 18.2 Å². The van der Waals surface area contributed by atoms with Gasteiger partial charge in [0.2, 0.25) is 0 Å². The zero-order valence-corrected chi connectivity index (χ0v) is 10.1. The Bertz CT molecular complexity index is 418. The maximum Gasteiger partial charge on any atom is 0.254 e. The maximum atomic E-state index is 13.8. The summed E-state index contributed by atoms with van der Waals surface area (Å²) in [6.07, 6.45) is 0. The van der Waals surface area contributed by atoms with Crippen LogP contribution < -0.4 is 10.1 Å². The molecule has 0 atom stereocenters. The fraction of sp³-hybridized carbons (Fsp3) is 0.417. The van der Waals surface area contributed by atoms with E-state index >= 15 is 0 Å². The van der Waals surface area contributed by atoms with Gasteiger partial charge >= 0.3 is 0 Å². The van der Waals surface area contributed by atoms with E-state index in [-0.39, 0.29) is 17.9 Å². The summed E-state index contributed by atoms with van der Waals surface area (Å²) >= 11 is 0. The second-order valence-electron chi connectivity index (χ2n) is 4.32. The Morgan fingerprint density at radius 2 is 2.18 bits per heavy atom. The van der Waals surface area contributed by atoms with Crippen molar-refractivity contribution in [2.45, 2.75) is 19.4 Å². The number of aliphatic hydroxyl groups is 1. The lowest BCUT2D eigenvalue weighted by Crippen LogP contribution is -2.46. The van der Waals surface area contributed by atoms with Gasteiger partial charge in [0.15, 0.2) is 11.6 Å². The Kier molecular flexibility index (Phi) is 4.07. The minimum atomic E-state index is -0.799. The van der Waals surface area contributed by atoms with Crippen molar-refractivity contribution in [3.63, 3.8) is 0 Å². The van der Waals surface area contributed by atoms with E-state index in [0.29, 0.717) is 0 Å². The van der Waals surface area contributed by atoms with Gasteiger partial charge in [-0.25, -0.2) is 4.39 Å². The van der Waals surface area contributed by atoms with Crippen LogP contribution in [0.5, 0.6) is 5.75 Å². The van der Waals surface area contributed by atoms with Crippen molar-refractivity contribution in [1.82, 2.24) is 5.32 Å². The van der Waals surface area contributed by atoms with Crippen molar-refractivity contribution in [1.29, 1.82) is 0 Å². The first-order valence-electron chi connectivity index (χ1n) is 5.17. The van der Waals surface area contributed by atoms with Crippen LogP contribution in [0.4, 0.5) is 4.39 Å². The SMILES string of the molecule is COc1cccc(C(=O)NC(C)(C)CO)c1F. The number of benzene rings is 1. The topological polar surface area (TPSA) is 58.6 Å². The highest BCUT2D eigenvalue weighted by molar-refractivity contribution is 5.95. The second kappa shape index (κ2) is 5.14. The molecule has 0 aliphatic heterocycles. The molecular weight excluding hydrogens is 225 g/mol. The largest absolute Gasteiger partial charge is 0.494 e. The first kappa shape index (κ1) is 13.4. The number of carbonyl (C=O) groups is 1. The number of ether oxygens (including phenoxy) is 1. The zero-order chi connectivity index (χ0) is 13.1. The molecule has 0 fully saturated rings. The number of halogens is 1. The predicted molar refractivity (Wildman–Crippen MR) is 61.6 cm³/mol. The molecule has 1 amide bonds. The van der Waals surface area contributed by atoms with Crippen LogP contribution in [0.25, 0.3) is 0 Å². The molecule has 1 aromatic rings. The average molecular weight is 241 g/mol. The molecule has 0 aromatic heterocycles. The van der Waals surface area contributed by atoms with Crippen LogP contribution in [0.2, 0.25) is 0 Å². The molecule has 0 saturated heterocycles. The van der Waals surface area contributed by atoms with Crippen molar-refractivity contribution in [3.8, 4) is 5.75 Å². The molecular formula is C12H16FNO3. The number of carbonyl (C=O) groups excluding carboxylic acids is 1. The van der Waals surface area contributed by atoms with E-state index in [2.05, 4.69) is 5.32 Å². The summed E-state index contributed by atoms with van der Waals surface area (Å²) < 4.78 is 18.5. The average Bonchev–Trinajstić information content (AvgIpc) is 2.28. The van der Waals surface area contributed by atoms with E-state index in [1.165, 1.54) is 25.3 Å². The molecule has 0 unspecified atom stereocenters. The summed E-state index contributed by atoms with van der Waals surface area (Å²) in [4.78, 5) is 11.8. The smallest absolute Gasteiger partial charge is 0.254 e. The van der Waals surface area contributed by atoms with Crippen LogP contribution in [0.3, 0.4) is 0 Å². The molecule has 0 aliphatic rings. The van der Waals surface area contributed by atoms with Crippen LogP contribution in [0, 0.1) is 5.82 Å². The van der Waals surface area contributed by atoms with Crippen molar-refractivity contribution < 1.29 is 19.0 Å². The van der Waals surface area contributed by atoms with Gasteiger partial charge in [0.25, 0.3) is 5.91 Å². The van der Waals surface area contributed by atoms with E-state index in [1.54, 1.807) is 13.8 Å². The molecule has 0 aliphatic carbocycles. The van der Waals surface area contributed by atoms with Gasteiger partial charge in [0, 0.05) is 0 Å². The summed E-state index contributed by atoms with van der Waals surface area (Å²) in [5.74, 6) is -1.28. The lowest BCUT2D eigenvalue weighted by atomic mass is 10.1. The number of nitrogens with one attached hydrogen (secondary N) is 1. The third kappa shape index (κ3) is 3.17. The molecule has 0 radical (unpaired) electrons. The van der Waals surface area contributed by atoms with Crippen molar-refractivity contribution in [2.24, 2.45) is 0 Å². The van der Waals surface area contributed by atoms with Gasteiger partial charge in [-0.2, -0.15) is 0 Å². The van der Waals surface area contributed by atoms with E-state index in [0.717, 1.165) is 0 Å². The van der Waals surface area contributed by atoms with Crippen LogP contribution >= 0.6 is 0 Å². The summed E-state index contributed by atoms with van der Waals surface area (Å²) in [5.41, 5.74) is -0.905. The van der Waals surface area contributed by atoms with Gasteiger partial charge in [-0.1, -0.05) is 6.07 Å². The van der Waals surface area contributed by atoms with E-state index in [9.17, 15) is 9.18 Å². The first-order valence-corrected chi connectivity index (χ1v) is 5.17. The quantitative estimate of drug-likeness (QED) is 0.836. The Balaban J connectivity index is 2.97. The highest BCUT2D eigenvalue weighted by Crippen LogP contribution is 2.20. The predicted octanol–water partition coefficient (Wildman–Crippen LogP) is 1.33. The van der Waals surface area contributed by atoms with Gasteiger partial charge in [-0.15, -0.1) is 0 Å². The summed E-state index contributed by atoms with van der Waals surface area (Å²) in [5, 5.41) is 11.6. The number of hydrogen-bond acceptors (Lipinski definition) is 3. The Morgan fingerprint density at radius 3 is 2.71 bits per heavy atom. The standard InChI is InChI=1S/C12H16FNO3/c1-12(2,7-15)14-11(16)8-5-4-6-9(17-3)10(8)13/h4-6,15H,7H2,1-3H3,(H,14,16). The highest BCUT2D eigenvalue weighted by atomic mass is 19.1. The number of aliphatic hydroxyl groups excluding tert-OH is 1. The van der Waals surface area contributed by atoms with Gasteiger partial charge in [0.05, 0.1) is 24.8 Å². The second-order valence-corrected chi connectivity index (χ2v) is 4.32. The van der Waals surface area contributed by atoms with Gasteiger partial charge in [-0.3, -0.25) is 4.79 Å². The lowest BCUT2D eigenvalue weighted by molar-refractivity contribution is 0.0864. The Morgan fingerprint density at radius 1 is 1.53 bits per heavy atom. The summed E-state index contributed by atoms with van der Waals surface area (Å²) in [6.45, 7) is 3.05. The summed E-state index contributed by atoms with van der Waals surface area (Å²) in [7, 11) is 1.33. The molecule has 1 rings (SSSR count). The molecule has 17 heavy (non-hydrogen) atoms. The van der Waals surface area contributed by atoms with E-state index in [1.807, 2.05) is 0 Å². The van der Waals surface area contributed by atoms with E-state index < -0.39 is 17.3 Å². The van der Waals surface area contributed by atoms with Crippen LogP contribution in [-0.4, -0.2) is 30.3 Å². The van der Waals surface area contributed by atoms with Crippen molar-refractivity contribution in [3.05, 3.63) is 29.6 Å². The number of methoxy groups -OCH3 is 1. The number of hydrogen-bond donors (Lipinski definition) is 2. The molecule has 94 valence electrons. The molecule has 0 bridgehead atoms. The minimum Gasteiger partial charge on any atom is -0.494 e. The molecule has 4 nitrogen and oxygen atoms in total. The van der Waals surface area contributed by atoms with Crippen molar-refractivity contribution >= 4 is 5.91 Å². The molecule has 1 aromatic carbocycles. The highest BCUT2D eigenvalue weighted by Gasteiger charge is 2.23. The number of rotatable bonds is 4. The zero-order valence-electron chi connectivity index (χ0n) is 10.1. The van der Waals surface area contributed by atoms with Gasteiger partial charge < -0.3 is 15.2 Å². The fourth-order valence-electron chi connectivity index (χ4n) is 1.26. The number of amides is 1. The van der Waals surface area contributed by atoms with Crippen LogP contribution in [-0.2, 0) is 0 Å². The minimum absolute atomic E-state index is 0.0134. The lowest BCUT2D eigenvalue weighted by Gasteiger charge is -2.23.